The Kier molecular flexibility index (Phi) is 6.44. The molecule has 0 saturated heterocycles. The summed E-state index contributed by atoms with van der Waals surface area (Å²) in [6, 6.07) is 14.9. The van der Waals surface area contributed by atoms with Gasteiger partial charge in [0.1, 0.15) is 5.56 Å². The Morgan fingerprint density at radius 2 is 1.83 bits per heavy atom. The minimum Gasteiger partial charge on any atom is -0.462 e. The second-order valence-electron chi connectivity index (χ2n) is 6.79. The van der Waals surface area contributed by atoms with Crippen molar-refractivity contribution in [3.8, 4) is 0 Å². The number of anilines is 1. The number of benzene rings is 2. The van der Waals surface area contributed by atoms with Crippen LogP contribution in [0, 0.1) is 0 Å². The molecule has 1 heterocycles. The van der Waals surface area contributed by atoms with Crippen LogP contribution in [0.15, 0.2) is 54.7 Å². The van der Waals surface area contributed by atoms with Crippen LogP contribution in [0.5, 0.6) is 0 Å². The van der Waals surface area contributed by atoms with Gasteiger partial charge in [0, 0.05) is 18.1 Å². The maximum absolute atomic E-state index is 12.5. The monoisotopic (exact) mass is 392 g/mol. The number of hydrogen-bond acceptors (Lipinski definition) is 6. The Labute approximate surface area is 169 Å². The van der Waals surface area contributed by atoms with E-state index in [1.807, 2.05) is 30.3 Å². The van der Waals surface area contributed by atoms with Crippen LogP contribution in [0.3, 0.4) is 0 Å². The smallest absolute Gasteiger partial charge is 0.341 e. The van der Waals surface area contributed by atoms with Gasteiger partial charge in [-0.3, -0.25) is 4.98 Å². The van der Waals surface area contributed by atoms with E-state index < -0.39 is 11.9 Å². The molecule has 0 bridgehead atoms. The van der Waals surface area contributed by atoms with Gasteiger partial charge < -0.3 is 14.8 Å². The van der Waals surface area contributed by atoms with Crippen LogP contribution >= 0.6 is 0 Å². The number of fused-ring (bicyclic) bond motifs is 1. The third kappa shape index (κ3) is 4.90. The highest BCUT2D eigenvalue weighted by molar-refractivity contribution is 6.06. The number of pyridine rings is 1. The van der Waals surface area contributed by atoms with Crippen LogP contribution in [0.4, 0.5) is 5.69 Å². The van der Waals surface area contributed by atoms with Crippen LogP contribution in [0.25, 0.3) is 10.9 Å². The Bertz CT molecular complexity index is 1020. The maximum atomic E-state index is 12.5. The molecular weight excluding hydrogens is 368 g/mol. The minimum atomic E-state index is -0.465. The minimum absolute atomic E-state index is 0.224. The summed E-state index contributed by atoms with van der Waals surface area (Å²) in [4.78, 5) is 29.2. The van der Waals surface area contributed by atoms with Gasteiger partial charge in [-0.25, -0.2) is 9.59 Å². The molecule has 0 atom stereocenters. The van der Waals surface area contributed by atoms with Crippen molar-refractivity contribution in [2.75, 3.05) is 11.9 Å². The molecule has 2 aromatic carbocycles. The van der Waals surface area contributed by atoms with Gasteiger partial charge in [0.25, 0.3) is 0 Å². The van der Waals surface area contributed by atoms with E-state index in [0.717, 1.165) is 5.56 Å². The molecule has 0 spiro atoms. The van der Waals surface area contributed by atoms with E-state index in [0.29, 0.717) is 34.3 Å². The molecule has 1 N–H and O–H groups in total. The highest BCUT2D eigenvalue weighted by Gasteiger charge is 2.18. The Balaban J connectivity index is 2.06. The first-order chi connectivity index (χ1) is 14.0. The van der Waals surface area contributed by atoms with Gasteiger partial charge in [-0.1, -0.05) is 30.3 Å². The summed E-state index contributed by atoms with van der Waals surface area (Å²) < 4.78 is 10.5. The molecule has 0 aliphatic carbocycles. The van der Waals surface area contributed by atoms with Crippen LogP contribution in [0.1, 0.15) is 47.1 Å². The first-order valence-electron chi connectivity index (χ1n) is 9.58. The summed E-state index contributed by atoms with van der Waals surface area (Å²) in [5.41, 5.74) is 3.02. The molecule has 0 fully saturated rings. The topological polar surface area (TPSA) is 77.5 Å². The number of carbonyl (C=O) groups is 2. The average Bonchev–Trinajstić information content (AvgIpc) is 2.71. The second-order valence-corrected chi connectivity index (χ2v) is 6.79. The summed E-state index contributed by atoms with van der Waals surface area (Å²) in [5.74, 6) is -0.884. The second kappa shape index (κ2) is 9.19. The zero-order valence-electron chi connectivity index (χ0n) is 16.8. The van der Waals surface area contributed by atoms with Gasteiger partial charge in [-0.05, 0) is 44.5 Å². The molecule has 0 amide bonds. The van der Waals surface area contributed by atoms with Gasteiger partial charge in [-0.15, -0.1) is 0 Å². The lowest BCUT2D eigenvalue weighted by molar-refractivity contribution is 0.0377. The van der Waals surface area contributed by atoms with E-state index in [1.54, 1.807) is 39.0 Å². The molecular formula is C23H24N2O4. The normalized spacial score (nSPS) is 10.8. The average molecular weight is 392 g/mol. The van der Waals surface area contributed by atoms with Crippen LogP contribution in [-0.2, 0) is 16.0 Å². The van der Waals surface area contributed by atoms with Crippen molar-refractivity contribution in [2.24, 2.45) is 0 Å². The number of ether oxygens (including phenoxy) is 2. The van der Waals surface area contributed by atoms with Crippen molar-refractivity contribution in [3.05, 3.63) is 71.4 Å². The van der Waals surface area contributed by atoms with Gasteiger partial charge >= 0.3 is 11.9 Å². The Hall–Kier alpha value is -3.41. The molecule has 6 heteroatoms. The highest BCUT2D eigenvalue weighted by Crippen LogP contribution is 2.28. The molecule has 0 aliphatic rings. The van der Waals surface area contributed by atoms with Crippen molar-refractivity contribution in [1.82, 2.24) is 4.98 Å². The molecule has 0 radical (unpaired) electrons. The number of esters is 2. The number of nitrogens with one attached hydrogen (secondary N) is 1. The fraction of sp³-hybridized carbons (Fsp3) is 0.261. The molecule has 0 unspecified atom stereocenters. The highest BCUT2D eigenvalue weighted by atomic mass is 16.5. The predicted octanol–water partition coefficient (Wildman–Crippen LogP) is 4.59. The molecule has 6 nitrogen and oxygen atoms in total. The van der Waals surface area contributed by atoms with E-state index in [-0.39, 0.29) is 12.7 Å². The van der Waals surface area contributed by atoms with E-state index in [9.17, 15) is 9.59 Å². The van der Waals surface area contributed by atoms with Gasteiger partial charge in [0.05, 0.1) is 29.5 Å². The third-order valence-electron chi connectivity index (χ3n) is 4.25. The Morgan fingerprint density at radius 1 is 1.07 bits per heavy atom. The van der Waals surface area contributed by atoms with Crippen molar-refractivity contribution >= 4 is 28.5 Å². The summed E-state index contributed by atoms with van der Waals surface area (Å²) in [5, 5.41) is 3.98. The van der Waals surface area contributed by atoms with E-state index in [2.05, 4.69) is 10.3 Å². The van der Waals surface area contributed by atoms with Crippen molar-refractivity contribution in [2.45, 2.75) is 33.4 Å². The van der Waals surface area contributed by atoms with Crippen molar-refractivity contribution < 1.29 is 19.1 Å². The summed E-state index contributed by atoms with van der Waals surface area (Å²) >= 11 is 0. The number of hydrogen-bond donors (Lipinski definition) is 1. The maximum Gasteiger partial charge on any atom is 0.341 e. The molecule has 29 heavy (non-hydrogen) atoms. The van der Waals surface area contributed by atoms with Crippen LogP contribution in [0.2, 0.25) is 0 Å². The molecule has 1 aromatic heterocycles. The molecule has 3 rings (SSSR count). The predicted molar refractivity (Wildman–Crippen MR) is 112 cm³/mol. The fourth-order valence-electron chi connectivity index (χ4n) is 2.94. The fourth-order valence-corrected chi connectivity index (χ4v) is 2.94. The first kappa shape index (κ1) is 20.3. The van der Waals surface area contributed by atoms with Crippen molar-refractivity contribution in [1.29, 1.82) is 0 Å². The first-order valence-corrected chi connectivity index (χ1v) is 9.58. The van der Waals surface area contributed by atoms with Gasteiger partial charge in [0.15, 0.2) is 0 Å². The lowest BCUT2D eigenvalue weighted by Crippen LogP contribution is -2.13. The summed E-state index contributed by atoms with van der Waals surface area (Å²) in [7, 11) is 0. The van der Waals surface area contributed by atoms with E-state index in [1.165, 1.54) is 6.20 Å². The summed E-state index contributed by atoms with van der Waals surface area (Å²) in [6.45, 7) is 6.12. The lowest BCUT2D eigenvalue weighted by Gasteiger charge is -2.15. The number of rotatable bonds is 7. The van der Waals surface area contributed by atoms with Gasteiger partial charge in [0.2, 0.25) is 0 Å². The van der Waals surface area contributed by atoms with Crippen LogP contribution < -0.4 is 5.32 Å². The lowest BCUT2D eigenvalue weighted by atomic mass is 10.1. The largest absolute Gasteiger partial charge is 0.462 e. The summed E-state index contributed by atoms with van der Waals surface area (Å²) in [6.07, 6.45) is 1.28. The quantitative estimate of drug-likeness (QED) is 0.593. The number of aromatic nitrogens is 1. The number of carbonyl (C=O) groups excluding carboxylic acids is 2. The molecule has 3 aromatic rings. The van der Waals surface area contributed by atoms with Crippen molar-refractivity contribution in [3.63, 3.8) is 0 Å². The van der Waals surface area contributed by atoms with E-state index in [4.69, 9.17) is 9.47 Å². The number of nitrogens with zero attached hydrogens (tertiary/aromatic N) is 1. The third-order valence-corrected chi connectivity index (χ3v) is 4.25. The van der Waals surface area contributed by atoms with E-state index >= 15 is 0 Å². The zero-order valence-corrected chi connectivity index (χ0v) is 16.8. The van der Waals surface area contributed by atoms with Gasteiger partial charge in [-0.2, -0.15) is 0 Å². The van der Waals surface area contributed by atoms with Crippen LogP contribution in [-0.4, -0.2) is 29.6 Å². The molecule has 0 saturated carbocycles. The molecule has 150 valence electrons. The SMILES string of the molecule is CCOC(=O)c1cnc2ccc(C(=O)OC(C)C)cc2c1NCc1ccccc1. The standard InChI is InChI=1S/C23H24N2O4/c1-4-28-23(27)19-14-24-20-11-10-17(22(26)29-15(2)3)12-18(20)21(19)25-13-16-8-6-5-7-9-16/h5-12,14-15H,4,13H2,1-3H3,(H,24,25). The molecule has 0 aliphatic heterocycles. The Morgan fingerprint density at radius 3 is 2.52 bits per heavy atom. The zero-order chi connectivity index (χ0) is 20.8.